The van der Waals surface area contributed by atoms with Gasteiger partial charge in [-0.15, -0.1) is 0 Å². The SMILES string of the molecule is CC(=O)O[C@@]12CO[C@]1(C)C[C@H](O)[C@@]1(C)C(=O)[C@H](O)C3=C(C)[C@@H](OC(=O)[C@H](O)[C@H](N)c4ccccc4)C[C@@](O)([C@@H](OC(=O)c4ccccc4)C12)C3(C)C. The van der Waals surface area contributed by atoms with E-state index in [1.165, 1.54) is 32.9 Å². The molecule has 0 spiro atoms. The molecular formula is C39H47NO12. The summed E-state index contributed by atoms with van der Waals surface area (Å²) in [6.07, 6.45) is -9.11. The smallest absolute Gasteiger partial charge is 0.338 e. The van der Waals surface area contributed by atoms with Gasteiger partial charge in [0.1, 0.15) is 29.5 Å². The van der Waals surface area contributed by atoms with Crippen molar-refractivity contribution in [2.24, 2.45) is 22.5 Å². The van der Waals surface area contributed by atoms with Gasteiger partial charge in [0.25, 0.3) is 0 Å². The van der Waals surface area contributed by atoms with Gasteiger partial charge >= 0.3 is 17.9 Å². The summed E-state index contributed by atoms with van der Waals surface area (Å²) in [5.74, 6) is -5.16. The van der Waals surface area contributed by atoms with Crippen LogP contribution < -0.4 is 5.73 Å². The van der Waals surface area contributed by atoms with Crippen molar-refractivity contribution in [1.29, 1.82) is 0 Å². The third-order valence-corrected chi connectivity index (χ3v) is 12.5. The Hall–Kier alpha value is -3.98. The van der Waals surface area contributed by atoms with Gasteiger partial charge in [-0.1, -0.05) is 62.4 Å². The lowest BCUT2D eigenvalue weighted by molar-refractivity contribution is -0.383. The number of ketones is 1. The molecule has 13 heteroatoms. The van der Waals surface area contributed by atoms with Gasteiger partial charge in [-0.3, -0.25) is 9.59 Å². The first kappa shape index (κ1) is 37.8. The van der Waals surface area contributed by atoms with Gasteiger partial charge in [0, 0.05) is 25.2 Å². The zero-order valence-electron chi connectivity index (χ0n) is 30.1. The van der Waals surface area contributed by atoms with E-state index in [-0.39, 0.29) is 29.7 Å². The first-order valence-corrected chi connectivity index (χ1v) is 17.4. The molecule has 280 valence electrons. The fraction of sp³-hybridized carbons (Fsp3) is 0.538. The van der Waals surface area contributed by atoms with Crippen molar-refractivity contribution < 1.29 is 58.6 Å². The molecule has 52 heavy (non-hydrogen) atoms. The highest BCUT2D eigenvalue weighted by atomic mass is 16.6. The number of esters is 3. The Morgan fingerprint density at radius 3 is 2.10 bits per heavy atom. The minimum Gasteiger partial charge on any atom is -0.456 e. The molecule has 1 saturated heterocycles. The number of ether oxygens (including phenoxy) is 4. The number of rotatable bonds is 7. The van der Waals surface area contributed by atoms with Gasteiger partial charge in [-0.2, -0.15) is 0 Å². The second kappa shape index (κ2) is 12.9. The summed E-state index contributed by atoms with van der Waals surface area (Å²) in [7, 11) is 0. The molecule has 2 aromatic rings. The number of carbonyl (C=O) groups excluding carboxylic acids is 4. The predicted octanol–water partition coefficient (Wildman–Crippen LogP) is 2.08. The second-order valence-electron chi connectivity index (χ2n) is 15.6. The summed E-state index contributed by atoms with van der Waals surface area (Å²) in [6, 6.07) is 15.2. The standard InChI is InChI=1S/C39H47NO12/c1-20-24(50-34(47)29(44)27(40)22-13-9-7-10-14-22)17-38(48)32(51-33(46)23-15-11-8-12-16-23)30-37(6,31(45)28(43)26(20)35(38,3)4)25(42)18-36(5)39(30,19-49-36)52-21(2)41/h7-16,24-25,27-30,32,42-44,48H,17-19,40H2,1-6H3/t24-,25-,27+,28+,29+,30?,32-,36+,37+,38+,39+/m0/s1. The van der Waals surface area contributed by atoms with E-state index in [1.54, 1.807) is 69.3 Å². The van der Waals surface area contributed by atoms with Crippen molar-refractivity contribution in [1.82, 2.24) is 0 Å². The molecule has 2 saturated carbocycles. The van der Waals surface area contributed by atoms with E-state index in [0.29, 0.717) is 5.56 Å². The molecule has 1 heterocycles. The van der Waals surface area contributed by atoms with Gasteiger partial charge in [0.05, 0.1) is 35.6 Å². The fourth-order valence-electron chi connectivity index (χ4n) is 9.31. The lowest BCUT2D eigenvalue weighted by Gasteiger charge is -2.70. The Morgan fingerprint density at radius 2 is 1.54 bits per heavy atom. The third-order valence-electron chi connectivity index (χ3n) is 12.5. The Bertz CT molecular complexity index is 1800. The number of carbonyl (C=O) groups is 4. The number of fused-ring (bicyclic) bond motifs is 5. The number of nitrogens with two attached hydrogens (primary N) is 1. The summed E-state index contributed by atoms with van der Waals surface area (Å²) in [5.41, 5.74) is -2.02. The van der Waals surface area contributed by atoms with Crippen molar-refractivity contribution in [3.05, 3.63) is 82.9 Å². The summed E-state index contributed by atoms with van der Waals surface area (Å²) < 4.78 is 24.2. The number of aliphatic hydroxyl groups excluding tert-OH is 3. The highest BCUT2D eigenvalue weighted by Gasteiger charge is 2.81. The molecule has 2 bridgehead atoms. The normalized spacial score (nSPS) is 37.5. The van der Waals surface area contributed by atoms with E-state index >= 15 is 0 Å². The molecule has 0 radical (unpaired) electrons. The van der Waals surface area contributed by atoms with Crippen LogP contribution in [0.2, 0.25) is 0 Å². The topological polar surface area (TPSA) is 212 Å². The summed E-state index contributed by atoms with van der Waals surface area (Å²) >= 11 is 0. The van der Waals surface area contributed by atoms with Gasteiger partial charge in [0.2, 0.25) is 0 Å². The first-order chi connectivity index (χ1) is 24.3. The predicted molar refractivity (Wildman–Crippen MR) is 183 cm³/mol. The molecule has 3 fully saturated rings. The zero-order chi connectivity index (χ0) is 38.2. The van der Waals surface area contributed by atoms with Crippen LogP contribution in [0.3, 0.4) is 0 Å². The van der Waals surface area contributed by atoms with E-state index in [4.69, 9.17) is 24.7 Å². The molecule has 0 amide bonds. The van der Waals surface area contributed by atoms with E-state index in [0.717, 1.165) is 0 Å². The molecule has 6 N–H and O–H groups in total. The van der Waals surface area contributed by atoms with Crippen molar-refractivity contribution in [3.63, 3.8) is 0 Å². The van der Waals surface area contributed by atoms with E-state index in [1.807, 2.05) is 0 Å². The zero-order valence-corrected chi connectivity index (χ0v) is 30.1. The maximum atomic E-state index is 14.9. The molecule has 1 unspecified atom stereocenters. The lowest BCUT2D eigenvalue weighted by atomic mass is 9.42. The van der Waals surface area contributed by atoms with Crippen LogP contribution >= 0.6 is 0 Å². The van der Waals surface area contributed by atoms with Gasteiger partial charge in [-0.25, -0.2) is 9.59 Å². The van der Waals surface area contributed by atoms with Crippen molar-refractivity contribution in [3.8, 4) is 0 Å². The van der Waals surface area contributed by atoms with Crippen LogP contribution in [0.25, 0.3) is 0 Å². The maximum Gasteiger partial charge on any atom is 0.338 e. The molecule has 6 rings (SSSR count). The van der Waals surface area contributed by atoms with Crippen LogP contribution in [0.5, 0.6) is 0 Å². The van der Waals surface area contributed by atoms with Crippen LogP contribution in [0.4, 0.5) is 0 Å². The third kappa shape index (κ3) is 5.35. The molecule has 4 aliphatic rings. The largest absolute Gasteiger partial charge is 0.456 e. The molecule has 3 aliphatic carbocycles. The van der Waals surface area contributed by atoms with Crippen LogP contribution in [0.1, 0.15) is 76.3 Å². The maximum absolute atomic E-state index is 14.9. The molecule has 2 aromatic carbocycles. The Labute approximate surface area is 301 Å². The van der Waals surface area contributed by atoms with Crippen molar-refractivity contribution in [2.75, 3.05) is 6.61 Å². The van der Waals surface area contributed by atoms with Crippen LogP contribution in [-0.4, -0.2) is 98.0 Å². The Kier molecular flexibility index (Phi) is 9.34. The number of benzene rings is 2. The summed E-state index contributed by atoms with van der Waals surface area (Å²) in [4.78, 5) is 55.4. The van der Waals surface area contributed by atoms with Crippen LogP contribution in [0, 0.1) is 16.7 Å². The summed E-state index contributed by atoms with van der Waals surface area (Å²) in [6.45, 7) is 8.58. The molecule has 0 aromatic heterocycles. The number of hydrogen-bond acceptors (Lipinski definition) is 13. The highest BCUT2D eigenvalue weighted by molar-refractivity contribution is 5.94. The van der Waals surface area contributed by atoms with Gasteiger partial charge < -0.3 is 45.1 Å². The number of hydrogen-bond donors (Lipinski definition) is 5. The van der Waals surface area contributed by atoms with Gasteiger partial charge in [-0.05, 0) is 49.6 Å². The average molecular weight is 722 g/mol. The number of Topliss-reactive ketones (excluding diaryl/α,β-unsaturated/α-hetero) is 1. The highest BCUT2D eigenvalue weighted by Crippen LogP contribution is 2.66. The first-order valence-electron chi connectivity index (χ1n) is 17.4. The average Bonchev–Trinajstić information content (AvgIpc) is 3.10. The minimum absolute atomic E-state index is 0.0155. The minimum atomic E-state index is -2.29. The molecule has 13 nitrogen and oxygen atoms in total. The fourth-order valence-corrected chi connectivity index (χ4v) is 9.31. The Morgan fingerprint density at radius 1 is 0.942 bits per heavy atom. The van der Waals surface area contributed by atoms with Gasteiger partial charge in [0.15, 0.2) is 17.5 Å². The lowest BCUT2D eigenvalue weighted by Crippen LogP contribution is -2.85. The van der Waals surface area contributed by atoms with Crippen molar-refractivity contribution >= 4 is 23.7 Å². The van der Waals surface area contributed by atoms with Crippen LogP contribution in [0.15, 0.2) is 71.8 Å². The second-order valence-corrected chi connectivity index (χ2v) is 15.6. The van der Waals surface area contributed by atoms with E-state index in [9.17, 15) is 39.6 Å². The molecular weight excluding hydrogens is 674 g/mol. The van der Waals surface area contributed by atoms with E-state index < -0.39 is 100 Å². The van der Waals surface area contributed by atoms with E-state index in [2.05, 4.69) is 0 Å². The van der Waals surface area contributed by atoms with Crippen molar-refractivity contribution in [2.45, 2.75) is 108 Å². The Balaban J connectivity index is 1.55. The molecule has 1 aliphatic heterocycles. The monoisotopic (exact) mass is 721 g/mol. The molecule has 11 atom stereocenters. The number of aliphatic hydroxyl groups is 4. The quantitative estimate of drug-likeness (QED) is 0.158. The van der Waals surface area contributed by atoms with Crippen LogP contribution in [-0.2, 0) is 33.3 Å². The summed E-state index contributed by atoms with van der Waals surface area (Å²) in [5, 5.41) is 48.3.